The van der Waals surface area contributed by atoms with Crippen molar-refractivity contribution in [2.75, 3.05) is 46.7 Å². The van der Waals surface area contributed by atoms with Crippen LogP contribution in [0.3, 0.4) is 0 Å². The molecule has 1 aliphatic carbocycles. The van der Waals surface area contributed by atoms with Crippen LogP contribution in [0.15, 0.2) is 54.6 Å². The maximum Gasteiger partial charge on any atom is 0.417 e. The van der Waals surface area contributed by atoms with Crippen LogP contribution in [0, 0.1) is 23.1 Å². The molecular weight excluding hydrogens is 791 g/mol. The zero-order valence-electron chi connectivity index (χ0n) is 32.4. The first-order valence-corrected chi connectivity index (χ1v) is 20.3. The molecule has 3 aromatic carbocycles. The van der Waals surface area contributed by atoms with Crippen molar-refractivity contribution in [3.8, 4) is 11.8 Å². The standard InChI is InChI=1S/C42H45F4N7O5S/c1-2-26-20-30(53-40(59)52(39(57)41(53)15-3-16-41)29-6-4-27(23-47)31(22-29)42(44,45)46)7-10-35(26)58-19-14-25-12-17-51(18-13-25)24-37(55)49-34-21-28(5-8-32(34)43)48-33-9-11-36(54)50-38(33)56/h4-8,10,20-22,25,33,40,48,59H,2-3,9,11-19,24H2,1H3,(H,49,55)(H,50,54,56). The number of nitriles is 1. The van der Waals surface area contributed by atoms with Gasteiger partial charge in [0.25, 0.3) is 5.91 Å². The van der Waals surface area contributed by atoms with Gasteiger partial charge in [-0.2, -0.15) is 18.4 Å². The Balaban J connectivity index is 0.915. The molecule has 0 radical (unpaired) electrons. The molecule has 312 valence electrons. The average molecular weight is 836 g/mol. The maximum atomic E-state index is 14.6. The summed E-state index contributed by atoms with van der Waals surface area (Å²) in [5.74, 6) is -1.01. The highest BCUT2D eigenvalue weighted by Crippen LogP contribution is 2.51. The molecule has 3 aromatic rings. The number of hydrogen-bond donors (Lipinski definition) is 4. The lowest BCUT2D eigenvalue weighted by Crippen LogP contribution is -2.55. The van der Waals surface area contributed by atoms with Gasteiger partial charge in [-0.25, -0.2) is 4.39 Å². The van der Waals surface area contributed by atoms with Crippen molar-refractivity contribution in [2.45, 2.75) is 88.0 Å². The van der Waals surface area contributed by atoms with E-state index in [1.165, 1.54) is 29.2 Å². The number of carbonyl (C=O) groups excluding carboxylic acids is 4. The summed E-state index contributed by atoms with van der Waals surface area (Å²) in [5.41, 5.74) is -1.36. The number of alkyl halides is 3. The lowest BCUT2D eigenvalue weighted by atomic mass is 9.75. The second kappa shape index (κ2) is 17.1. The number of aryl methyl sites for hydroxylation is 1. The monoisotopic (exact) mass is 835 g/mol. The summed E-state index contributed by atoms with van der Waals surface area (Å²) in [4.78, 5) is 55.7. The number of thiol groups is 1. The molecule has 0 aromatic heterocycles. The Morgan fingerprint density at radius 2 is 1.78 bits per heavy atom. The molecule has 3 N–H and O–H groups in total. The predicted molar refractivity (Wildman–Crippen MR) is 215 cm³/mol. The summed E-state index contributed by atoms with van der Waals surface area (Å²) in [5, 5.41) is 17.2. The minimum atomic E-state index is -4.77. The van der Waals surface area contributed by atoms with Crippen molar-refractivity contribution in [3.05, 3.63) is 77.1 Å². The van der Waals surface area contributed by atoms with Crippen LogP contribution < -0.4 is 30.5 Å². The molecular formula is C42H45F4N7O5S. The fourth-order valence-corrected chi connectivity index (χ4v) is 9.01. The van der Waals surface area contributed by atoms with Crippen LogP contribution >= 0.6 is 12.6 Å². The number of rotatable bonds is 12. The number of carbonyl (C=O) groups is 4. The second-order valence-corrected chi connectivity index (χ2v) is 16.0. The SMILES string of the molecule is CCc1cc(N2C(S)N(c3ccc(C#N)c(C(F)(F)F)c3)C(=O)C23CCC3)ccc1OCCC1CCN(CC(=O)Nc2cc(NC3CCC(=O)NC3=O)ccc2F)CC1. The number of piperidine rings is 2. The van der Waals surface area contributed by atoms with E-state index in [0.717, 1.165) is 43.4 Å². The predicted octanol–water partition coefficient (Wildman–Crippen LogP) is 6.60. The second-order valence-electron chi connectivity index (χ2n) is 15.5. The molecule has 2 unspecified atom stereocenters. The largest absolute Gasteiger partial charge is 0.493 e. The first kappa shape index (κ1) is 41.8. The van der Waals surface area contributed by atoms with Crippen molar-refractivity contribution in [2.24, 2.45) is 5.92 Å². The van der Waals surface area contributed by atoms with Crippen LogP contribution in [-0.4, -0.2) is 71.8 Å². The number of nitrogens with zero attached hydrogens (tertiary/aromatic N) is 4. The summed E-state index contributed by atoms with van der Waals surface area (Å²) in [6.07, 6.45) is 0.717. The molecule has 4 fully saturated rings. The van der Waals surface area contributed by atoms with Crippen molar-refractivity contribution in [1.82, 2.24) is 10.2 Å². The summed E-state index contributed by atoms with van der Waals surface area (Å²) in [6, 6.07) is 14.0. The topological polar surface area (TPSA) is 147 Å². The maximum absolute atomic E-state index is 14.6. The molecule has 3 heterocycles. The Morgan fingerprint density at radius 3 is 2.44 bits per heavy atom. The Labute approximate surface area is 344 Å². The third kappa shape index (κ3) is 8.70. The lowest BCUT2D eigenvalue weighted by molar-refractivity contribution is -0.138. The third-order valence-corrected chi connectivity index (χ3v) is 12.3. The first-order chi connectivity index (χ1) is 28.2. The molecule has 2 atom stereocenters. The number of nitrogens with one attached hydrogen (secondary N) is 3. The molecule has 12 nitrogen and oxygen atoms in total. The van der Waals surface area contributed by atoms with Gasteiger partial charge in [0, 0.05) is 23.5 Å². The van der Waals surface area contributed by atoms with Gasteiger partial charge >= 0.3 is 6.18 Å². The number of hydrogen-bond acceptors (Lipinski definition) is 10. The molecule has 1 spiro atoms. The fraction of sp³-hybridized carbons (Fsp3) is 0.452. The number of halogens is 4. The van der Waals surface area contributed by atoms with Gasteiger partial charge in [0.2, 0.25) is 17.7 Å². The molecule has 17 heteroatoms. The van der Waals surface area contributed by atoms with E-state index >= 15 is 0 Å². The van der Waals surface area contributed by atoms with Crippen molar-refractivity contribution in [3.63, 3.8) is 0 Å². The van der Waals surface area contributed by atoms with E-state index in [4.69, 9.17) is 17.4 Å². The quantitative estimate of drug-likeness (QED) is 0.0901. The van der Waals surface area contributed by atoms with E-state index in [-0.39, 0.29) is 42.1 Å². The summed E-state index contributed by atoms with van der Waals surface area (Å²) < 4.78 is 62.4. The van der Waals surface area contributed by atoms with Crippen LogP contribution in [0.4, 0.5) is 40.3 Å². The number of imide groups is 1. The van der Waals surface area contributed by atoms with Crippen LogP contribution in [-0.2, 0) is 31.8 Å². The van der Waals surface area contributed by atoms with Gasteiger partial charge in [0.05, 0.1) is 36.0 Å². The highest BCUT2D eigenvalue weighted by atomic mass is 32.1. The fourth-order valence-electron chi connectivity index (χ4n) is 8.42. The Bertz CT molecular complexity index is 2170. The van der Waals surface area contributed by atoms with E-state index < -0.39 is 46.1 Å². The normalized spacial score (nSPS) is 20.9. The van der Waals surface area contributed by atoms with Gasteiger partial charge in [-0.1, -0.05) is 6.92 Å². The molecule has 4 amide bonds. The highest BCUT2D eigenvalue weighted by molar-refractivity contribution is 7.81. The molecule has 7 rings (SSSR count). The minimum Gasteiger partial charge on any atom is -0.493 e. The number of anilines is 4. The van der Waals surface area contributed by atoms with Crippen LogP contribution in [0.1, 0.15) is 75.0 Å². The molecule has 1 saturated carbocycles. The number of likely N-dealkylation sites (tertiary alicyclic amines) is 1. The molecule has 59 heavy (non-hydrogen) atoms. The van der Waals surface area contributed by atoms with Crippen LogP contribution in [0.2, 0.25) is 0 Å². The Kier molecular flexibility index (Phi) is 12.1. The number of ether oxygens (including phenoxy) is 1. The highest BCUT2D eigenvalue weighted by Gasteiger charge is 2.60. The third-order valence-electron chi connectivity index (χ3n) is 11.8. The Morgan fingerprint density at radius 1 is 1.03 bits per heavy atom. The summed E-state index contributed by atoms with van der Waals surface area (Å²) in [6.45, 7) is 3.93. The summed E-state index contributed by atoms with van der Waals surface area (Å²) >= 11 is 4.80. The van der Waals surface area contributed by atoms with Gasteiger partial charge in [-0.3, -0.25) is 34.3 Å². The van der Waals surface area contributed by atoms with Gasteiger partial charge in [0.1, 0.15) is 23.1 Å². The number of benzene rings is 3. The van der Waals surface area contributed by atoms with E-state index in [1.807, 2.05) is 34.9 Å². The zero-order valence-corrected chi connectivity index (χ0v) is 33.3. The van der Waals surface area contributed by atoms with Crippen LogP contribution in [0.5, 0.6) is 5.75 Å². The number of amides is 4. The zero-order chi connectivity index (χ0) is 42.1. The molecule has 0 bridgehead atoms. The van der Waals surface area contributed by atoms with E-state index in [1.54, 1.807) is 6.07 Å². The minimum absolute atomic E-state index is 0.00580. The van der Waals surface area contributed by atoms with Gasteiger partial charge in [-0.05, 0) is 131 Å². The van der Waals surface area contributed by atoms with Crippen LogP contribution in [0.25, 0.3) is 0 Å². The van der Waals surface area contributed by atoms with Gasteiger partial charge in [0.15, 0.2) is 5.50 Å². The van der Waals surface area contributed by atoms with Crippen molar-refractivity contribution in [1.29, 1.82) is 5.26 Å². The molecule has 4 aliphatic rings. The van der Waals surface area contributed by atoms with E-state index in [9.17, 15) is 42.0 Å². The molecule has 3 saturated heterocycles. The molecule has 3 aliphatic heterocycles. The average Bonchev–Trinajstić information content (AvgIpc) is 3.43. The van der Waals surface area contributed by atoms with E-state index in [0.29, 0.717) is 68.4 Å². The van der Waals surface area contributed by atoms with Crippen molar-refractivity contribution < 1.29 is 41.5 Å². The van der Waals surface area contributed by atoms with Gasteiger partial charge < -0.3 is 20.3 Å². The lowest BCUT2D eigenvalue weighted by Gasteiger charge is -2.44. The summed E-state index contributed by atoms with van der Waals surface area (Å²) in [7, 11) is 0. The van der Waals surface area contributed by atoms with Gasteiger partial charge in [-0.15, -0.1) is 12.6 Å². The first-order valence-electron chi connectivity index (χ1n) is 19.8. The van der Waals surface area contributed by atoms with E-state index in [2.05, 4.69) is 16.0 Å². The smallest absolute Gasteiger partial charge is 0.417 e. The Hall–Kier alpha value is -5.34. The van der Waals surface area contributed by atoms with Crippen molar-refractivity contribution >= 4 is 59.0 Å².